The molecule has 2 rings (SSSR count). The molecule has 5 heteroatoms. The molecule has 0 radical (unpaired) electrons. The SMILES string of the molecule is COc1cncc(C(NN)c2ccc(C)cc2F)c1. The van der Waals surface area contributed by atoms with E-state index in [1.807, 2.05) is 13.0 Å². The maximum atomic E-state index is 14.0. The Hall–Kier alpha value is -1.98. The van der Waals surface area contributed by atoms with Gasteiger partial charge in [-0.1, -0.05) is 12.1 Å². The molecule has 0 aliphatic carbocycles. The smallest absolute Gasteiger partial charge is 0.137 e. The van der Waals surface area contributed by atoms with E-state index in [-0.39, 0.29) is 5.82 Å². The molecule has 2 aromatic rings. The first-order chi connectivity index (χ1) is 9.15. The van der Waals surface area contributed by atoms with Crippen LogP contribution in [-0.2, 0) is 0 Å². The van der Waals surface area contributed by atoms with Crippen molar-refractivity contribution >= 4 is 0 Å². The molecule has 1 unspecified atom stereocenters. The van der Waals surface area contributed by atoms with Crippen LogP contribution in [0.1, 0.15) is 22.7 Å². The minimum absolute atomic E-state index is 0.300. The maximum Gasteiger partial charge on any atom is 0.137 e. The Labute approximate surface area is 111 Å². The molecule has 0 saturated carbocycles. The molecule has 0 spiro atoms. The van der Waals surface area contributed by atoms with E-state index in [0.29, 0.717) is 11.3 Å². The van der Waals surface area contributed by atoms with Crippen molar-refractivity contribution in [2.75, 3.05) is 7.11 Å². The van der Waals surface area contributed by atoms with Crippen LogP contribution >= 0.6 is 0 Å². The number of hydrazine groups is 1. The molecule has 0 saturated heterocycles. The minimum Gasteiger partial charge on any atom is -0.495 e. The number of nitrogens with zero attached hydrogens (tertiary/aromatic N) is 1. The Morgan fingerprint density at radius 2 is 2.11 bits per heavy atom. The van der Waals surface area contributed by atoms with Gasteiger partial charge in [0.25, 0.3) is 0 Å². The van der Waals surface area contributed by atoms with Crippen molar-refractivity contribution in [3.05, 3.63) is 59.2 Å². The van der Waals surface area contributed by atoms with Gasteiger partial charge in [-0.25, -0.2) is 9.82 Å². The molecule has 0 fully saturated rings. The number of rotatable bonds is 4. The molecular weight excluding hydrogens is 245 g/mol. The molecule has 1 atom stereocenters. The standard InChI is InChI=1S/C14H16FN3O/c1-9-3-4-12(13(15)5-9)14(18-16)10-6-11(19-2)8-17-7-10/h3-8,14,18H,16H2,1-2H3. The topological polar surface area (TPSA) is 60.2 Å². The minimum atomic E-state index is -0.469. The third-order valence-electron chi connectivity index (χ3n) is 2.94. The summed E-state index contributed by atoms with van der Waals surface area (Å²) in [5.41, 5.74) is 4.69. The van der Waals surface area contributed by atoms with Gasteiger partial charge in [-0.3, -0.25) is 10.8 Å². The zero-order chi connectivity index (χ0) is 13.8. The lowest BCUT2D eigenvalue weighted by molar-refractivity contribution is 0.411. The van der Waals surface area contributed by atoms with Crippen LogP contribution in [0.25, 0.3) is 0 Å². The van der Waals surface area contributed by atoms with Crippen molar-refractivity contribution in [2.24, 2.45) is 5.84 Å². The van der Waals surface area contributed by atoms with Gasteiger partial charge in [0.1, 0.15) is 11.6 Å². The van der Waals surface area contributed by atoms with Crippen molar-refractivity contribution in [3.63, 3.8) is 0 Å². The number of hydrogen-bond donors (Lipinski definition) is 2. The fraction of sp³-hybridized carbons (Fsp3) is 0.214. The van der Waals surface area contributed by atoms with Gasteiger partial charge in [-0.15, -0.1) is 0 Å². The van der Waals surface area contributed by atoms with Gasteiger partial charge in [0.15, 0.2) is 0 Å². The fourth-order valence-corrected chi connectivity index (χ4v) is 1.94. The van der Waals surface area contributed by atoms with Gasteiger partial charge in [0, 0.05) is 11.8 Å². The van der Waals surface area contributed by atoms with Crippen LogP contribution in [0.5, 0.6) is 5.75 Å². The number of halogens is 1. The van der Waals surface area contributed by atoms with Gasteiger partial charge in [0.2, 0.25) is 0 Å². The summed E-state index contributed by atoms with van der Waals surface area (Å²) < 4.78 is 19.1. The van der Waals surface area contributed by atoms with Crippen molar-refractivity contribution in [2.45, 2.75) is 13.0 Å². The second kappa shape index (κ2) is 5.77. The Bertz CT molecular complexity index is 574. The summed E-state index contributed by atoms with van der Waals surface area (Å²) in [6.45, 7) is 1.84. The number of benzene rings is 1. The van der Waals surface area contributed by atoms with E-state index >= 15 is 0 Å². The van der Waals surface area contributed by atoms with Gasteiger partial charge in [-0.2, -0.15) is 0 Å². The highest BCUT2D eigenvalue weighted by Gasteiger charge is 2.17. The van der Waals surface area contributed by atoms with E-state index in [1.54, 1.807) is 31.6 Å². The van der Waals surface area contributed by atoms with Crippen LogP contribution in [0, 0.1) is 12.7 Å². The highest BCUT2D eigenvalue weighted by Crippen LogP contribution is 2.26. The Morgan fingerprint density at radius 3 is 2.74 bits per heavy atom. The van der Waals surface area contributed by atoms with Gasteiger partial charge < -0.3 is 4.74 Å². The molecule has 1 aromatic carbocycles. The molecule has 4 nitrogen and oxygen atoms in total. The second-order valence-electron chi connectivity index (χ2n) is 4.28. The van der Waals surface area contributed by atoms with Gasteiger partial charge >= 0.3 is 0 Å². The molecule has 3 N–H and O–H groups in total. The average Bonchev–Trinajstić information content (AvgIpc) is 2.42. The van der Waals surface area contributed by atoms with Gasteiger partial charge in [0.05, 0.1) is 19.3 Å². The lowest BCUT2D eigenvalue weighted by Gasteiger charge is -2.18. The molecule has 0 amide bonds. The predicted octanol–water partition coefficient (Wildman–Crippen LogP) is 2.09. The van der Waals surface area contributed by atoms with Crippen LogP contribution in [0.3, 0.4) is 0 Å². The van der Waals surface area contributed by atoms with E-state index in [0.717, 1.165) is 11.1 Å². The summed E-state index contributed by atoms with van der Waals surface area (Å²) >= 11 is 0. The monoisotopic (exact) mass is 261 g/mol. The summed E-state index contributed by atoms with van der Waals surface area (Å²) in [5, 5.41) is 0. The largest absolute Gasteiger partial charge is 0.495 e. The quantitative estimate of drug-likeness (QED) is 0.653. The van der Waals surface area contributed by atoms with E-state index in [4.69, 9.17) is 10.6 Å². The zero-order valence-electron chi connectivity index (χ0n) is 10.9. The lowest BCUT2D eigenvalue weighted by Crippen LogP contribution is -2.29. The number of nitrogens with two attached hydrogens (primary N) is 1. The van der Waals surface area contributed by atoms with Crippen LogP contribution in [0.15, 0.2) is 36.7 Å². The maximum absolute atomic E-state index is 14.0. The third-order valence-corrected chi connectivity index (χ3v) is 2.94. The van der Waals surface area contributed by atoms with Crippen molar-refractivity contribution in [1.29, 1.82) is 0 Å². The summed E-state index contributed by atoms with van der Waals surface area (Å²) in [4.78, 5) is 4.05. The molecule has 1 aromatic heterocycles. The van der Waals surface area contributed by atoms with Gasteiger partial charge in [-0.05, 0) is 30.2 Å². The van der Waals surface area contributed by atoms with E-state index in [9.17, 15) is 4.39 Å². The first-order valence-corrected chi connectivity index (χ1v) is 5.87. The first-order valence-electron chi connectivity index (χ1n) is 5.87. The first kappa shape index (κ1) is 13.5. The van der Waals surface area contributed by atoms with E-state index in [1.165, 1.54) is 6.07 Å². The number of aryl methyl sites for hydroxylation is 1. The summed E-state index contributed by atoms with van der Waals surface area (Å²) in [6, 6.07) is 6.35. The van der Waals surface area contributed by atoms with E-state index in [2.05, 4.69) is 10.4 Å². The number of nitrogens with one attached hydrogen (secondary N) is 1. The molecule has 1 heterocycles. The van der Waals surface area contributed by atoms with Crippen molar-refractivity contribution < 1.29 is 9.13 Å². The molecule has 0 bridgehead atoms. The average molecular weight is 261 g/mol. The van der Waals surface area contributed by atoms with Crippen LogP contribution in [-0.4, -0.2) is 12.1 Å². The fourth-order valence-electron chi connectivity index (χ4n) is 1.94. The Kier molecular flexibility index (Phi) is 4.09. The Balaban J connectivity index is 2.43. The van der Waals surface area contributed by atoms with E-state index < -0.39 is 6.04 Å². The molecule has 100 valence electrons. The third kappa shape index (κ3) is 2.89. The highest BCUT2D eigenvalue weighted by atomic mass is 19.1. The Morgan fingerprint density at radius 1 is 1.32 bits per heavy atom. The zero-order valence-corrected chi connectivity index (χ0v) is 10.9. The molecular formula is C14H16FN3O. The molecule has 0 aliphatic rings. The lowest BCUT2D eigenvalue weighted by atomic mass is 9.99. The second-order valence-corrected chi connectivity index (χ2v) is 4.28. The highest BCUT2D eigenvalue weighted by molar-refractivity contribution is 5.35. The summed E-state index contributed by atoms with van der Waals surface area (Å²) in [7, 11) is 1.55. The number of hydrogen-bond acceptors (Lipinski definition) is 4. The normalized spacial score (nSPS) is 12.2. The van der Waals surface area contributed by atoms with Crippen LogP contribution < -0.4 is 16.0 Å². The van der Waals surface area contributed by atoms with Crippen LogP contribution in [0.2, 0.25) is 0 Å². The molecule has 0 aliphatic heterocycles. The van der Waals surface area contributed by atoms with Crippen molar-refractivity contribution in [1.82, 2.24) is 10.4 Å². The number of ether oxygens (including phenoxy) is 1. The van der Waals surface area contributed by atoms with Crippen LogP contribution in [0.4, 0.5) is 4.39 Å². The van der Waals surface area contributed by atoms with Crippen molar-refractivity contribution in [3.8, 4) is 5.75 Å². The number of methoxy groups -OCH3 is 1. The summed E-state index contributed by atoms with van der Waals surface area (Å²) in [5.74, 6) is 5.85. The number of pyridine rings is 1. The number of aromatic nitrogens is 1. The molecule has 19 heavy (non-hydrogen) atoms. The predicted molar refractivity (Wildman–Crippen MR) is 71.1 cm³/mol. The summed E-state index contributed by atoms with van der Waals surface area (Å²) in [6.07, 6.45) is 3.22.